The summed E-state index contributed by atoms with van der Waals surface area (Å²) in [5, 5.41) is 3.29. The molecule has 2 nitrogen and oxygen atoms in total. The summed E-state index contributed by atoms with van der Waals surface area (Å²) in [4.78, 5) is 4.08. The number of rotatable bonds is 3. The standard InChI is InChI=1S/C12H9BrClFN2/c13-12-11(2-1-5-16-12)17-7-8-3-4-9(14)10(15)6-8/h1-6,17H,7H2. The van der Waals surface area contributed by atoms with Crippen LogP contribution in [0.4, 0.5) is 10.1 Å². The molecule has 88 valence electrons. The van der Waals surface area contributed by atoms with Crippen LogP contribution in [0.3, 0.4) is 0 Å². The second kappa shape index (κ2) is 5.47. The quantitative estimate of drug-likeness (QED) is 0.857. The average Bonchev–Trinajstić information content (AvgIpc) is 2.32. The summed E-state index contributed by atoms with van der Waals surface area (Å²) in [5.41, 5.74) is 1.69. The Morgan fingerprint density at radius 1 is 1.35 bits per heavy atom. The van der Waals surface area contributed by atoms with Gasteiger partial charge < -0.3 is 5.32 Å². The summed E-state index contributed by atoms with van der Waals surface area (Å²) < 4.78 is 13.9. The van der Waals surface area contributed by atoms with Crippen LogP contribution in [0, 0.1) is 5.82 Å². The Hall–Kier alpha value is -1.13. The van der Waals surface area contributed by atoms with Crippen molar-refractivity contribution in [3.05, 3.63) is 57.5 Å². The molecule has 0 spiro atoms. The average molecular weight is 316 g/mol. The highest BCUT2D eigenvalue weighted by Gasteiger charge is 2.02. The Morgan fingerprint density at radius 2 is 2.18 bits per heavy atom. The summed E-state index contributed by atoms with van der Waals surface area (Å²) >= 11 is 8.94. The molecule has 0 saturated heterocycles. The highest BCUT2D eigenvalue weighted by Crippen LogP contribution is 2.20. The van der Waals surface area contributed by atoms with Crippen molar-refractivity contribution in [1.29, 1.82) is 0 Å². The first-order valence-electron chi connectivity index (χ1n) is 4.95. The Balaban J connectivity index is 2.08. The van der Waals surface area contributed by atoms with Gasteiger partial charge in [0.05, 0.1) is 10.7 Å². The molecule has 0 aliphatic heterocycles. The smallest absolute Gasteiger partial charge is 0.142 e. The van der Waals surface area contributed by atoms with Gasteiger partial charge in [0.25, 0.3) is 0 Å². The Labute approximate surface area is 112 Å². The summed E-state index contributed by atoms with van der Waals surface area (Å²) in [6, 6.07) is 8.47. The summed E-state index contributed by atoms with van der Waals surface area (Å²) in [6.07, 6.45) is 1.69. The van der Waals surface area contributed by atoms with E-state index in [1.165, 1.54) is 6.07 Å². The lowest BCUT2D eigenvalue weighted by Crippen LogP contribution is -2.01. The first-order valence-corrected chi connectivity index (χ1v) is 6.12. The molecule has 0 saturated carbocycles. The molecule has 2 rings (SSSR count). The number of pyridine rings is 1. The van der Waals surface area contributed by atoms with Crippen molar-refractivity contribution >= 4 is 33.2 Å². The second-order valence-corrected chi connectivity index (χ2v) is 4.60. The highest BCUT2D eigenvalue weighted by atomic mass is 79.9. The van der Waals surface area contributed by atoms with Crippen molar-refractivity contribution in [3.8, 4) is 0 Å². The second-order valence-electron chi connectivity index (χ2n) is 3.44. The lowest BCUT2D eigenvalue weighted by atomic mass is 10.2. The number of hydrogen-bond acceptors (Lipinski definition) is 2. The zero-order valence-corrected chi connectivity index (χ0v) is 11.1. The van der Waals surface area contributed by atoms with Crippen LogP contribution in [0.2, 0.25) is 5.02 Å². The van der Waals surface area contributed by atoms with Crippen LogP contribution in [0.15, 0.2) is 41.1 Å². The first kappa shape index (κ1) is 12.3. The predicted octanol–water partition coefficient (Wildman–Crippen LogP) is 4.25. The van der Waals surface area contributed by atoms with Gasteiger partial charge in [-0.1, -0.05) is 17.7 Å². The molecule has 0 unspecified atom stereocenters. The van der Waals surface area contributed by atoms with Crippen LogP contribution in [0.25, 0.3) is 0 Å². The van der Waals surface area contributed by atoms with Gasteiger partial charge in [0, 0.05) is 12.7 Å². The minimum atomic E-state index is -0.406. The number of anilines is 1. The molecule has 0 radical (unpaired) electrons. The number of nitrogens with one attached hydrogen (secondary N) is 1. The van der Waals surface area contributed by atoms with Gasteiger partial charge in [-0.05, 0) is 45.8 Å². The topological polar surface area (TPSA) is 24.9 Å². The third-order valence-corrected chi connectivity index (χ3v) is 3.16. The van der Waals surface area contributed by atoms with Crippen LogP contribution in [-0.2, 0) is 6.54 Å². The maximum atomic E-state index is 13.2. The van der Waals surface area contributed by atoms with E-state index in [-0.39, 0.29) is 5.02 Å². The summed E-state index contributed by atoms with van der Waals surface area (Å²) in [5.74, 6) is -0.406. The van der Waals surface area contributed by atoms with E-state index in [0.29, 0.717) is 6.54 Å². The van der Waals surface area contributed by atoms with Gasteiger partial charge >= 0.3 is 0 Å². The van der Waals surface area contributed by atoms with Gasteiger partial charge in [-0.25, -0.2) is 9.37 Å². The summed E-state index contributed by atoms with van der Waals surface area (Å²) in [7, 11) is 0. The van der Waals surface area contributed by atoms with Crippen LogP contribution < -0.4 is 5.32 Å². The number of benzene rings is 1. The fourth-order valence-corrected chi connectivity index (χ4v) is 1.87. The van der Waals surface area contributed by atoms with E-state index in [1.54, 1.807) is 18.3 Å². The SMILES string of the molecule is Fc1cc(CNc2cccnc2Br)ccc1Cl. The highest BCUT2D eigenvalue weighted by molar-refractivity contribution is 9.10. The van der Waals surface area contributed by atoms with Crippen molar-refractivity contribution in [2.24, 2.45) is 0 Å². The maximum absolute atomic E-state index is 13.2. The van der Waals surface area contributed by atoms with Gasteiger partial charge in [0.15, 0.2) is 0 Å². The van der Waals surface area contributed by atoms with Crippen molar-refractivity contribution < 1.29 is 4.39 Å². The van der Waals surface area contributed by atoms with E-state index >= 15 is 0 Å². The number of hydrogen-bond donors (Lipinski definition) is 1. The zero-order valence-electron chi connectivity index (χ0n) is 8.75. The van der Waals surface area contributed by atoms with Crippen LogP contribution >= 0.6 is 27.5 Å². The molecular formula is C12H9BrClFN2. The fourth-order valence-electron chi connectivity index (χ4n) is 1.36. The molecule has 17 heavy (non-hydrogen) atoms. The third-order valence-electron chi connectivity index (χ3n) is 2.23. The molecule has 0 atom stereocenters. The molecule has 1 heterocycles. The monoisotopic (exact) mass is 314 g/mol. The van der Waals surface area contributed by atoms with Crippen LogP contribution in [0.5, 0.6) is 0 Å². The Morgan fingerprint density at radius 3 is 2.88 bits per heavy atom. The van der Waals surface area contributed by atoms with E-state index in [9.17, 15) is 4.39 Å². The number of halogens is 3. The maximum Gasteiger partial charge on any atom is 0.142 e. The largest absolute Gasteiger partial charge is 0.379 e. The molecule has 1 aromatic heterocycles. The molecule has 2 aromatic rings. The van der Waals surface area contributed by atoms with Crippen molar-refractivity contribution in [3.63, 3.8) is 0 Å². The van der Waals surface area contributed by atoms with E-state index in [1.807, 2.05) is 12.1 Å². The minimum Gasteiger partial charge on any atom is -0.379 e. The Kier molecular flexibility index (Phi) is 3.97. The van der Waals surface area contributed by atoms with E-state index in [2.05, 4.69) is 26.2 Å². The Bertz CT molecular complexity index is 534. The first-order chi connectivity index (χ1) is 8.16. The summed E-state index contributed by atoms with van der Waals surface area (Å²) in [6.45, 7) is 0.512. The molecule has 0 amide bonds. The van der Waals surface area contributed by atoms with Crippen molar-refractivity contribution in [2.45, 2.75) is 6.54 Å². The van der Waals surface area contributed by atoms with Gasteiger partial charge in [-0.2, -0.15) is 0 Å². The normalized spacial score (nSPS) is 10.3. The molecule has 5 heteroatoms. The van der Waals surface area contributed by atoms with Crippen LogP contribution in [-0.4, -0.2) is 4.98 Å². The van der Waals surface area contributed by atoms with Gasteiger partial charge in [-0.15, -0.1) is 0 Å². The third kappa shape index (κ3) is 3.17. The van der Waals surface area contributed by atoms with E-state index in [0.717, 1.165) is 15.9 Å². The van der Waals surface area contributed by atoms with Crippen molar-refractivity contribution in [2.75, 3.05) is 5.32 Å². The van der Waals surface area contributed by atoms with Gasteiger partial charge in [-0.3, -0.25) is 0 Å². The van der Waals surface area contributed by atoms with E-state index < -0.39 is 5.82 Å². The van der Waals surface area contributed by atoms with E-state index in [4.69, 9.17) is 11.6 Å². The zero-order chi connectivity index (χ0) is 12.3. The van der Waals surface area contributed by atoms with Gasteiger partial charge in [0.2, 0.25) is 0 Å². The molecule has 0 aliphatic carbocycles. The van der Waals surface area contributed by atoms with Crippen molar-refractivity contribution in [1.82, 2.24) is 4.98 Å². The lowest BCUT2D eigenvalue weighted by Gasteiger charge is -2.08. The molecule has 0 aliphatic rings. The molecule has 0 bridgehead atoms. The molecule has 0 fully saturated rings. The van der Waals surface area contributed by atoms with Gasteiger partial charge in [0.1, 0.15) is 10.4 Å². The fraction of sp³-hybridized carbons (Fsp3) is 0.0833. The number of nitrogens with zero attached hydrogens (tertiary/aromatic N) is 1. The predicted molar refractivity (Wildman–Crippen MR) is 70.7 cm³/mol. The molecule has 1 aromatic carbocycles. The molecular weight excluding hydrogens is 307 g/mol. The van der Waals surface area contributed by atoms with Crippen LogP contribution in [0.1, 0.15) is 5.56 Å². The minimum absolute atomic E-state index is 0.135. The molecule has 1 N–H and O–H groups in total. The lowest BCUT2D eigenvalue weighted by molar-refractivity contribution is 0.626. The number of aromatic nitrogens is 1.